The fraction of sp³-hybridized carbons (Fsp3) is 0.444. The van der Waals surface area contributed by atoms with Crippen LogP contribution >= 0.6 is 11.3 Å². The molecule has 0 radical (unpaired) electrons. The van der Waals surface area contributed by atoms with E-state index in [2.05, 4.69) is 0 Å². The van der Waals surface area contributed by atoms with Crippen molar-refractivity contribution in [3.63, 3.8) is 0 Å². The second kappa shape index (κ2) is 4.84. The molecule has 9 heteroatoms. The van der Waals surface area contributed by atoms with E-state index < -0.39 is 10.2 Å². The summed E-state index contributed by atoms with van der Waals surface area (Å²) < 4.78 is 23.4. The lowest BCUT2D eigenvalue weighted by Gasteiger charge is -2.32. The zero-order chi connectivity index (χ0) is 13.3. The van der Waals surface area contributed by atoms with E-state index in [1.54, 1.807) is 16.3 Å². The molecule has 2 rings (SSSR count). The first-order valence-electron chi connectivity index (χ1n) is 5.29. The van der Waals surface area contributed by atoms with Crippen molar-refractivity contribution in [2.45, 2.75) is 0 Å². The van der Waals surface area contributed by atoms with Crippen molar-refractivity contribution in [2.24, 2.45) is 5.14 Å². The number of anilines is 1. The van der Waals surface area contributed by atoms with Gasteiger partial charge in [0.1, 0.15) is 4.88 Å². The third kappa shape index (κ3) is 2.64. The molecule has 1 amide bonds. The van der Waals surface area contributed by atoms with Crippen LogP contribution in [0.5, 0.6) is 0 Å². The average molecular weight is 290 g/mol. The van der Waals surface area contributed by atoms with Crippen molar-refractivity contribution in [3.8, 4) is 0 Å². The Bertz CT molecular complexity index is 546. The van der Waals surface area contributed by atoms with E-state index in [9.17, 15) is 13.2 Å². The first kappa shape index (κ1) is 13.3. The fourth-order valence-electron chi connectivity index (χ4n) is 1.78. The molecular formula is C9H14N4O3S2. The van der Waals surface area contributed by atoms with E-state index in [0.29, 0.717) is 23.7 Å². The highest BCUT2D eigenvalue weighted by Crippen LogP contribution is 2.21. The zero-order valence-corrected chi connectivity index (χ0v) is 11.2. The molecule has 2 heterocycles. The summed E-state index contributed by atoms with van der Waals surface area (Å²) in [6.45, 7) is 1.09. The minimum Gasteiger partial charge on any atom is -0.397 e. The highest BCUT2D eigenvalue weighted by Gasteiger charge is 2.28. The van der Waals surface area contributed by atoms with Crippen LogP contribution in [0.1, 0.15) is 9.67 Å². The Labute approximate surface area is 109 Å². The first-order valence-corrected chi connectivity index (χ1v) is 7.68. The van der Waals surface area contributed by atoms with Gasteiger partial charge in [0.15, 0.2) is 0 Å². The molecule has 18 heavy (non-hydrogen) atoms. The molecule has 0 aromatic carbocycles. The molecule has 1 aromatic heterocycles. The third-order valence-corrected chi connectivity index (χ3v) is 4.78. The van der Waals surface area contributed by atoms with Gasteiger partial charge in [0.05, 0.1) is 5.69 Å². The topological polar surface area (TPSA) is 110 Å². The summed E-state index contributed by atoms with van der Waals surface area (Å²) in [6.07, 6.45) is 0. The SMILES string of the molecule is Nc1ccsc1C(=O)N1CCN(S(N)(=O)=O)CC1. The van der Waals surface area contributed by atoms with Gasteiger partial charge in [0.25, 0.3) is 16.1 Å². The summed E-state index contributed by atoms with van der Waals surface area (Å²) in [4.78, 5) is 14.2. The fourth-order valence-corrected chi connectivity index (χ4v) is 3.24. The number of thiophene rings is 1. The number of rotatable bonds is 2. The number of nitrogen functional groups attached to an aromatic ring is 1. The van der Waals surface area contributed by atoms with Crippen molar-refractivity contribution in [1.29, 1.82) is 0 Å². The predicted molar refractivity (Wildman–Crippen MR) is 69.3 cm³/mol. The van der Waals surface area contributed by atoms with Gasteiger partial charge < -0.3 is 10.6 Å². The van der Waals surface area contributed by atoms with E-state index in [0.717, 1.165) is 4.31 Å². The van der Waals surface area contributed by atoms with Gasteiger partial charge in [-0.1, -0.05) is 0 Å². The molecule has 0 unspecified atom stereocenters. The molecule has 4 N–H and O–H groups in total. The van der Waals surface area contributed by atoms with E-state index in [1.807, 2.05) is 0 Å². The Balaban J connectivity index is 2.03. The van der Waals surface area contributed by atoms with Crippen LogP contribution < -0.4 is 10.9 Å². The van der Waals surface area contributed by atoms with E-state index in [1.165, 1.54) is 11.3 Å². The maximum Gasteiger partial charge on any atom is 0.277 e. The summed E-state index contributed by atoms with van der Waals surface area (Å²) in [5, 5.41) is 6.78. The average Bonchev–Trinajstić information content (AvgIpc) is 2.73. The van der Waals surface area contributed by atoms with Crippen LogP contribution in [-0.4, -0.2) is 49.7 Å². The number of amides is 1. The predicted octanol–water partition coefficient (Wildman–Crippen LogP) is -0.708. The summed E-state index contributed by atoms with van der Waals surface area (Å²) in [5.74, 6) is -0.156. The maximum absolute atomic E-state index is 12.1. The first-order chi connectivity index (χ1) is 8.39. The Morgan fingerprint density at radius 3 is 2.33 bits per heavy atom. The van der Waals surface area contributed by atoms with Gasteiger partial charge in [-0.2, -0.15) is 12.7 Å². The Morgan fingerprint density at radius 2 is 1.89 bits per heavy atom. The van der Waals surface area contributed by atoms with Crippen molar-refractivity contribution in [2.75, 3.05) is 31.9 Å². The smallest absolute Gasteiger partial charge is 0.277 e. The van der Waals surface area contributed by atoms with Crippen molar-refractivity contribution < 1.29 is 13.2 Å². The molecule has 7 nitrogen and oxygen atoms in total. The van der Waals surface area contributed by atoms with Crippen LogP contribution in [0.3, 0.4) is 0 Å². The van der Waals surface area contributed by atoms with Gasteiger partial charge in [-0.25, -0.2) is 5.14 Å². The van der Waals surface area contributed by atoms with E-state index in [4.69, 9.17) is 10.9 Å². The van der Waals surface area contributed by atoms with Gasteiger partial charge in [-0.05, 0) is 11.4 Å². The molecule has 100 valence electrons. The van der Waals surface area contributed by atoms with Crippen LogP contribution in [0.15, 0.2) is 11.4 Å². The van der Waals surface area contributed by atoms with Gasteiger partial charge >= 0.3 is 0 Å². The monoisotopic (exact) mass is 290 g/mol. The molecule has 1 aliphatic rings. The number of piperazine rings is 1. The molecule has 1 saturated heterocycles. The lowest BCUT2D eigenvalue weighted by Crippen LogP contribution is -2.52. The van der Waals surface area contributed by atoms with Crippen molar-refractivity contribution in [1.82, 2.24) is 9.21 Å². The summed E-state index contributed by atoms with van der Waals surface area (Å²) in [7, 11) is -3.66. The number of carbonyl (C=O) groups excluding carboxylic acids is 1. The highest BCUT2D eigenvalue weighted by atomic mass is 32.2. The Morgan fingerprint density at radius 1 is 1.28 bits per heavy atom. The van der Waals surface area contributed by atoms with Crippen molar-refractivity contribution in [3.05, 3.63) is 16.3 Å². The Hall–Kier alpha value is -1.16. The van der Waals surface area contributed by atoms with Gasteiger partial charge in [-0.3, -0.25) is 4.79 Å². The van der Waals surface area contributed by atoms with E-state index in [-0.39, 0.29) is 19.0 Å². The van der Waals surface area contributed by atoms with Crippen LogP contribution in [0.2, 0.25) is 0 Å². The number of hydrogen-bond acceptors (Lipinski definition) is 5. The van der Waals surface area contributed by atoms with Gasteiger partial charge in [-0.15, -0.1) is 11.3 Å². The molecular weight excluding hydrogens is 276 g/mol. The van der Waals surface area contributed by atoms with Gasteiger partial charge in [0.2, 0.25) is 0 Å². The lowest BCUT2D eigenvalue weighted by molar-refractivity contribution is 0.0703. The van der Waals surface area contributed by atoms with Crippen LogP contribution in [0.25, 0.3) is 0 Å². The summed E-state index contributed by atoms with van der Waals surface area (Å²) in [6, 6.07) is 1.68. The van der Waals surface area contributed by atoms with Gasteiger partial charge in [0, 0.05) is 26.2 Å². The number of hydrogen-bond donors (Lipinski definition) is 2. The normalized spacial score (nSPS) is 17.9. The molecule has 0 saturated carbocycles. The molecule has 1 fully saturated rings. The molecule has 1 aliphatic heterocycles. The highest BCUT2D eigenvalue weighted by molar-refractivity contribution is 7.86. The second-order valence-corrected chi connectivity index (χ2v) is 6.40. The number of carbonyl (C=O) groups is 1. The maximum atomic E-state index is 12.1. The van der Waals surface area contributed by atoms with Crippen LogP contribution in [0, 0.1) is 0 Å². The number of nitrogens with two attached hydrogens (primary N) is 2. The second-order valence-electron chi connectivity index (χ2n) is 3.94. The molecule has 0 aliphatic carbocycles. The molecule has 0 spiro atoms. The zero-order valence-electron chi connectivity index (χ0n) is 9.57. The molecule has 1 aromatic rings. The summed E-state index contributed by atoms with van der Waals surface area (Å²) in [5.41, 5.74) is 6.14. The number of nitrogens with zero attached hydrogens (tertiary/aromatic N) is 2. The van der Waals surface area contributed by atoms with Crippen LogP contribution in [0.4, 0.5) is 5.69 Å². The minimum atomic E-state index is -3.66. The van der Waals surface area contributed by atoms with E-state index >= 15 is 0 Å². The molecule has 0 atom stereocenters. The van der Waals surface area contributed by atoms with Crippen LogP contribution in [-0.2, 0) is 10.2 Å². The summed E-state index contributed by atoms with van der Waals surface area (Å²) >= 11 is 1.28. The lowest BCUT2D eigenvalue weighted by atomic mass is 10.3. The minimum absolute atomic E-state index is 0.156. The Kier molecular flexibility index (Phi) is 3.57. The van der Waals surface area contributed by atoms with Crippen molar-refractivity contribution >= 4 is 33.1 Å². The quantitative estimate of drug-likeness (QED) is 0.749. The third-order valence-electron chi connectivity index (χ3n) is 2.78. The molecule has 0 bridgehead atoms. The standard InChI is InChI=1S/C9H14N4O3S2/c10-7-1-6-17-8(7)9(14)12-2-4-13(5-3-12)18(11,15)16/h1,6H,2-5,10H2,(H2,11,15,16). The largest absolute Gasteiger partial charge is 0.397 e.